The van der Waals surface area contributed by atoms with Crippen molar-refractivity contribution in [3.8, 4) is 6.07 Å². The van der Waals surface area contributed by atoms with Crippen LogP contribution in [0.25, 0.3) is 0 Å². The summed E-state index contributed by atoms with van der Waals surface area (Å²) < 4.78 is 40.2. The van der Waals surface area contributed by atoms with Gasteiger partial charge in [-0.15, -0.1) is 0 Å². The highest BCUT2D eigenvalue weighted by Gasteiger charge is 2.16. The van der Waals surface area contributed by atoms with Crippen molar-refractivity contribution in [2.75, 3.05) is 11.9 Å². The molecule has 0 saturated carbocycles. The van der Waals surface area contributed by atoms with Gasteiger partial charge in [-0.05, 0) is 29.8 Å². The van der Waals surface area contributed by atoms with Crippen molar-refractivity contribution in [3.05, 3.63) is 65.0 Å². The number of nitriles is 1. The molecule has 0 radical (unpaired) electrons. The maximum atomic E-state index is 13.8. The Labute approximate surface area is 114 Å². The van der Waals surface area contributed by atoms with Crippen LogP contribution in [-0.4, -0.2) is 7.05 Å². The lowest BCUT2D eigenvalue weighted by atomic mass is 10.1. The van der Waals surface area contributed by atoms with E-state index >= 15 is 0 Å². The first-order valence-electron chi connectivity index (χ1n) is 5.86. The van der Waals surface area contributed by atoms with Gasteiger partial charge in [0.25, 0.3) is 0 Å². The van der Waals surface area contributed by atoms with Gasteiger partial charge in [0, 0.05) is 13.6 Å². The molecule has 0 spiro atoms. The molecule has 2 aromatic carbocycles. The Balaban J connectivity index is 2.26. The summed E-state index contributed by atoms with van der Waals surface area (Å²) in [6.45, 7) is 0.294. The highest BCUT2D eigenvalue weighted by atomic mass is 19.2. The van der Waals surface area contributed by atoms with E-state index in [1.807, 2.05) is 0 Å². The van der Waals surface area contributed by atoms with E-state index in [4.69, 9.17) is 5.26 Å². The smallest absolute Gasteiger partial charge is 0.183 e. The van der Waals surface area contributed by atoms with Crippen molar-refractivity contribution in [1.82, 2.24) is 0 Å². The van der Waals surface area contributed by atoms with Gasteiger partial charge in [-0.1, -0.05) is 12.1 Å². The van der Waals surface area contributed by atoms with Crippen LogP contribution in [0.3, 0.4) is 0 Å². The van der Waals surface area contributed by atoms with E-state index < -0.39 is 11.6 Å². The molecule has 0 heterocycles. The molecule has 0 N–H and O–H groups in total. The second kappa shape index (κ2) is 5.66. The van der Waals surface area contributed by atoms with E-state index in [-0.39, 0.29) is 17.1 Å². The number of hydrogen-bond donors (Lipinski definition) is 0. The highest BCUT2D eigenvalue weighted by Crippen LogP contribution is 2.24. The van der Waals surface area contributed by atoms with Crippen LogP contribution in [0.1, 0.15) is 11.1 Å². The molecular formula is C15H11F3N2. The standard InChI is InChI=1S/C15H11F3N2/c1-20(9-10-2-5-12(16)6-3-10)13-7-4-11(8-19)14(17)15(13)18/h2-7H,9H2,1H3. The number of anilines is 1. The van der Waals surface area contributed by atoms with Gasteiger partial charge in [-0.2, -0.15) is 5.26 Å². The first kappa shape index (κ1) is 13.9. The van der Waals surface area contributed by atoms with Gasteiger partial charge in [0.2, 0.25) is 0 Å². The maximum Gasteiger partial charge on any atom is 0.183 e. The molecule has 102 valence electrons. The van der Waals surface area contributed by atoms with Crippen LogP contribution in [-0.2, 0) is 6.54 Å². The Morgan fingerprint density at radius 3 is 2.25 bits per heavy atom. The van der Waals surface area contributed by atoms with Gasteiger partial charge in [0.15, 0.2) is 11.6 Å². The van der Waals surface area contributed by atoms with Crippen molar-refractivity contribution < 1.29 is 13.2 Å². The van der Waals surface area contributed by atoms with Crippen LogP contribution in [0.5, 0.6) is 0 Å². The topological polar surface area (TPSA) is 27.0 Å². The van der Waals surface area contributed by atoms with Crippen molar-refractivity contribution in [2.24, 2.45) is 0 Å². The Bertz CT molecular complexity index is 660. The zero-order valence-corrected chi connectivity index (χ0v) is 10.7. The zero-order valence-electron chi connectivity index (χ0n) is 10.7. The van der Waals surface area contributed by atoms with Crippen LogP contribution in [0, 0.1) is 28.8 Å². The molecule has 0 aliphatic carbocycles. The molecule has 0 fully saturated rings. The average Bonchev–Trinajstić information content (AvgIpc) is 2.44. The third-order valence-corrected chi connectivity index (χ3v) is 2.93. The van der Waals surface area contributed by atoms with Crippen LogP contribution < -0.4 is 4.90 Å². The highest BCUT2D eigenvalue weighted by molar-refractivity contribution is 5.51. The molecule has 20 heavy (non-hydrogen) atoms. The van der Waals surface area contributed by atoms with E-state index in [9.17, 15) is 13.2 Å². The number of rotatable bonds is 3. The molecule has 0 aliphatic heterocycles. The minimum absolute atomic E-state index is 0.0471. The number of halogens is 3. The first-order chi connectivity index (χ1) is 9.52. The van der Waals surface area contributed by atoms with Gasteiger partial charge >= 0.3 is 0 Å². The van der Waals surface area contributed by atoms with Crippen LogP contribution in [0.15, 0.2) is 36.4 Å². The summed E-state index contributed by atoms with van der Waals surface area (Å²) in [6, 6.07) is 9.92. The average molecular weight is 276 g/mol. The van der Waals surface area contributed by atoms with Crippen molar-refractivity contribution in [2.45, 2.75) is 6.54 Å². The summed E-state index contributed by atoms with van der Waals surface area (Å²) in [6.07, 6.45) is 0. The maximum absolute atomic E-state index is 13.8. The molecule has 0 aromatic heterocycles. The first-order valence-corrected chi connectivity index (χ1v) is 5.86. The molecule has 0 saturated heterocycles. The third-order valence-electron chi connectivity index (χ3n) is 2.93. The number of nitrogens with zero attached hydrogens (tertiary/aromatic N) is 2. The monoisotopic (exact) mass is 276 g/mol. The molecule has 0 amide bonds. The lowest BCUT2D eigenvalue weighted by Gasteiger charge is -2.20. The number of hydrogen-bond acceptors (Lipinski definition) is 2. The van der Waals surface area contributed by atoms with Gasteiger partial charge in [0.05, 0.1) is 11.3 Å². The molecule has 0 bridgehead atoms. The van der Waals surface area contributed by atoms with E-state index in [2.05, 4.69) is 0 Å². The quantitative estimate of drug-likeness (QED) is 0.856. The summed E-state index contributed by atoms with van der Waals surface area (Å²) in [5.74, 6) is -2.57. The van der Waals surface area contributed by atoms with Gasteiger partial charge in [-0.25, -0.2) is 13.2 Å². The van der Waals surface area contributed by atoms with E-state index in [0.29, 0.717) is 6.54 Å². The molecular weight excluding hydrogens is 265 g/mol. The summed E-state index contributed by atoms with van der Waals surface area (Å²) >= 11 is 0. The molecule has 2 aromatic rings. The predicted molar refractivity (Wildman–Crippen MR) is 69.6 cm³/mol. The van der Waals surface area contributed by atoms with Gasteiger partial charge in [0.1, 0.15) is 11.9 Å². The predicted octanol–water partition coefficient (Wildman–Crippen LogP) is 3.61. The fourth-order valence-corrected chi connectivity index (χ4v) is 1.87. The summed E-state index contributed by atoms with van der Waals surface area (Å²) in [7, 11) is 1.59. The van der Waals surface area contributed by atoms with Crippen LogP contribution >= 0.6 is 0 Å². The minimum atomic E-state index is -1.16. The second-order valence-corrected chi connectivity index (χ2v) is 4.35. The second-order valence-electron chi connectivity index (χ2n) is 4.35. The van der Waals surface area contributed by atoms with Crippen molar-refractivity contribution >= 4 is 5.69 Å². The minimum Gasteiger partial charge on any atom is -0.368 e. The van der Waals surface area contributed by atoms with E-state index in [1.54, 1.807) is 25.2 Å². The molecule has 0 aliphatic rings. The normalized spacial score (nSPS) is 10.2. The van der Waals surface area contributed by atoms with Crippen molar-refractivity contribution in [1.29, 1.82) is 5.26 Å². The third kappa shape index (κ3) is 2.75. The fraction of sp³-hybridized carbons (Fsp3) is 0.133. The number of benzene rings is 2. The van der Waals surface area contributed by atoms with Crippen LogP contribution in [0.4, 0.5) is 18.9 Å². The summed E-state index contributed by atoms with van der Waals surface area (Å²) in [4.78, 5) is 1.49. The molecule has 5 heteroatoms. The lowest BCUT2D eigenvalue weighted by Crippen LogP contribution is -2.18. The molecule has 0 unspecified atom stereocenters. The Morgan fingerprint density at radius 1 is 1.00 bits per heavy atom. The summed E-state index contributed by atoms with van der Waals surface area (Å²) in [5, 5.41) is 8.63. The Morgan fingerprint density at radius 2 is 1.65 bits per heavy atom. The largest absolute Gasteiger partial charge is 0.368 e. The SMILES string of the molecule is CN(Cc1ccc(F)cc1)c1ccc(C#N)c(F)c1F. The zero-order chi connectivity index (χ0) is 14.7. The Hall–Kier alpha value is -2.48. The fourth-order valence-electron chi connectivity index (χ4n) is 1.87. The van der Waals surface area contributed by atoms with Crippen LogP contribution in [0.2, 0.25) is 0 Å². The van der Waals surface area contributed by atoms with Gasteiger partial charge in [-0.3, -0.25) is 0 Å². The van der Waals surface area contributed by atoms with Crippen molar-refractivity contribution in [3.63, 3.8) is 0 Å². The van der Waals surface area contributed by atoms with E-state index in [1.165, 1.54) is 29.2 Å². The lowest BCUT2D eigenvalue weighted by molar-refractivity contribution is 0.505. The van der Waals surface area contributed by atoms with Gasteiger partial charge < -0.3 is 4.90 Å². The Kier molecular flexibility index (Phi) is 3.94. The van der Waals surface area contributed by atoms with E-state index in [0.717, 1.165) is 5.56 Å². The summed E-state index contributed by atoms with van der Waals surface area (Å²) in [5.41, 5.74) is 0.477. The molecule has 2 rings (SSSR count). The molecule has 0 atom stereocenters. The molecule has 2 nitrogen and oxygen atoms in total.